The second-order valence-electron chi connectivity index (χ2n) is 7.26. The van der Waals surface area contributed by atoms with Gasteiger partial charge in [0.1, 0.15) is 6.04 Å². The molecule has 10 heteroatoms. The number of benzene rings is 1. The molecule has 2 atom stereocenters. The first kappa shape index (κ1) is 20.2. The van der Waals surface area contributed by atoms with Crippen LogP contribution in [0.5, 0.6) is 0 Å². The highest BCUT2D eigenvalue weighted by atomic mass is 32.2. The number of thioether (sulfide) groups is 1. The van der Waals surface area contributed by atoms with Crippen LogP contribution in [0.4, 0.5) is 18.3 Å². The van der Waals surface area contributed by atoms with E-state index in [9.17, 15) is 22.8 Å². The van der Waals surface area contributed by atoms with Crippen LogP contribution >= 0.6 is 23.1 Å². The fourth-order valence-electron chi connectivity index (χ4n) is 3.66. The maximum atomic E-state index is 12.7. The molecule has 2 saturated heterocycles. The molecule has 2 aliphatic heterocycles. The zero-order chi connectivity index (χ0) is 20.8. The number of amides is 2. The number of thiazole rings is 1. The van der Waals surface area contributed by atoms with Crippen LogP contribution in [0.1, 0.15) is 35.8 Å². The van der Waals surface area contributed by atoms with Gasteiger partial charge < -0.3 is 10.2 Å². The fourth-order valence-corrected chi connectivity index (χ4v) is 5.94. The minimum Gasteiger partial charge on any atom is -0.315 e. The van der Waals surface area contributed by atoms with E-state index in [4.69, 9.17) is 0 Å². The molecule has 2 aliphatic rings. The molecule has 1 aromatic carbocycles. The van der Waals surface area contributed by atoms with Gasteiger partial charge in [0.2, 0.25) is 11.8 Å². The van der Waals surface area contributed by atoms with Gasteiger partial charge in [-0.15, -0.1) is 23.1 Å². The van der Waals surface area contributed by atoms with E-state index in [-0.39, 0.29) is 16.7 Å². The second kappa shape index (κ2) is 7.32. The largest absolute Gasteiger partial charge is 0.416 e. The fraction of sp³-hybridized carbons (Fsp3) is 0.421. The van der Waals surface area contributed by atoms with E-state index < -0.39 is 17.8 Å². The Hall–Kier alpha value is -2.07. The standard InChI is InChI=1S/C19H18F3N3O2S2/c1-18-7-6-15(26)25(18)14(10-28-18)16(27)24-17-23-9-13(29-17)8-11-2-4-12(5-3-11)19(20,21)22/h2-5,9,14H,6-8,10H2,1H3,(H,23,24,27). The zero-order valence-electron chi connectivity index (χ0n) is 15.5. The number of halogens is 3. The van der Waals surface area contributed by atoms with E-state index in [2.05, 4.69) is 10.3 Å². The Labute approximate surface area is 173 Å². The number of aromatic nitrogens is 1. The molecular weight excluding hydrogens is 423 g/mol. The number of rotatable bonds is 4. The number of fused-ring (bicyclic) bond motifs is 1. The first-order valence-electron chi connectivity index (χ1n) is 9.03. The number of carbonyl (C=O) groups excluding carboxylic acids is 2. The molecule has 1 aromatic heterocycles. The molecule has 1 N–H and O–H groups in total. The van der Waals surface area contributed by atoms with Crippen molar-refractivity contribution in [3.63, 3.8) is 0 Å². The van der Waals surface area contributed by atoms with E-state index in [1.807, 2.05) is 6.92 Å². The molecule has 5 nitrogen and oxygen atoms in total. The molecule has 0 radical (unpaired) electrons. The molecule has 4 rings (SSSR count). The maximum absolute atomic E-state index is 12.7. The van der Waals surface area contributed by atoms with Crippen molar-refractivity contribution in [1.29, 1.82) is 0 Å². The number of carbonyl (C=O) groups is 2. The van der Waals surface area contributed by atoms with Crippen LogP contribution in [0.2, 0.25) is 0 Å². The molecule has 0 bridgehead atoms. The van der Waals surface area contributed by atoms with E-state index >= 15 is 0 Å². The van der Waals surface area contributed by atoms with Gasteiger partial charge in [-0.25, -0.2) is 4.98 Å². The maximum Gasteiger partial charge on any atom is 0.416 e. The Bertz CT molecular complexity index is 945. The summed E-state index contributed by atoms with van der Waals surface area (Å²) in [6, 6.07) is 4.48. The number of nitrogens with zero attached hydrogens (tertiary/aromatic N) is 2. The molecule has 2 fully saturated rings. The number of nitrogens with one attached hydrogen (secondary N) is 1. The van der Waals surface area contributed by atoms with Crippen LogP contribution in [0.3, 0.4) is 0 Å². The van der Waals surface area contributed by atoms with Gasteiger partial charge in [-0.2, -0.15) is 13.2 Å². The highest BCUT2D eigenvalue weighted by molar-refractivity contribution is 8.01. The van der Waals surface area contributed by atoms with Crippen LogP contribution in [-0.4, -0.2) is 38.4 Å². The molecule has 29 heavy (non-hydrogen) atoms. The van der Waals surface area contributed by atoms with Crippen LogP contribution < -0.4 is 5.32 Å². The number of hydrogen-bond donors (Lipinski definition) is 1. The summed E-state index contributed by atoms with van der Waals surface area (Å²) >= 11 is 2.90. The Morgan fingerprint density at radius 1 is 1.34 bits per heavy atom. The first-order chi connectivity index (χ1) is 13.7. The minimum atomic E-state index is -4.36. The van der Waals surface area contributed by atoms with Crippen molar-refractivity contribution in [2.24, 2.45) is 0 Å². The summed E-state index contributed by atoms with van der Waals surface area (Å²) in [5, 5.41) is 3.20. The third-order valence-corrected chi connectivity index (χ3v) is 7.61. The minimum absolute atomic E-state index is 0.000202. The van der Waals surface area contributed by atoms with Gasteiger partial charge in [0.05, 0.1) is 10.4 Å². The lowest BCUT2D eigenvalue weighted by Crippen LogP contribution is -2.48. The van der Waals surface area contributed by atoms with E-state index in [0.29, 0.717) is 23.7 Å². The summed E-state index contributed by atoms with van der Waals surface area (Å²) in [5.41, 5.74) is 0.0431. The lowest BCUT2D eigenvalue weighted by Gasteiger charge is -2.29. The van der Waals surface area contributed by atoms with Gasteiger partial charge in [0, 0.05) is 29.7 Å². The van der Waals surface area contributed by atoms with Crippen molar-refractivity contribution in [3.05, 3.63) is 46.5 Å². The van der Waals surface area contributed by atoms with Crippen molar-refractivity contribution < 1.29 is 22.8 Å². The smallest absolute Gasteiger partial charge is 0.315 e. The molecule has 0 spiro atoms. The van der Waals surface area contributed by atoms with Gasteiger partial charge in [-0.3, -0.25) is 9.59 Å². The predicted octanol–water partition coefficient (Wildman–Crippen LogP) is 4.15. The Kier molecular flexibility index (Phi) is 5.10. The van der Waals surface area contributed by atoms with Crippen molar-refractivity contribution in [2.75, 3.05) is 11.1 Å². The Balaban J connectivity index is 1.39. The van der Waals surface area contributed by atoms with Crippen LogP contribution in [0.25, 0.3) is 0 Å². The van der Waals surface area contributed by atoms with E-state index in [1.54, 1.807) is 22.9 Å². The van der Waals surface area contributed by atoms with Gasteiger partial charge >= 0.3 is 6.18 Å². The molecule has 3 heterocycles. The summed E-state index contributed by atoms with van der Waals surface area (Å²) in [6.07, 6.45) is -1.12. The summed E-state index contributed by atoms with van der Waals surface area (Å²) in [7, 11) is 0. The normalized spacial score (nSPS) is 24.1. The molecule has 0 saturated carbocycles. The SMILES string of the molecule is CC12CCC(=O)N1C(C(=O)Nc1ncc(Cc3ccc(C(F)(F)F)cc3)s1)CS2. The second-order valence-corrected chi connectivity index (χ2v) is 9.87. The monoisotopic (exact) mass is 441 g/mol. The van der Waals surface area contributed by atoms with Crippen molar-refractivity contribution in [1.82, 2.24) is 9.88 Å². The van der Waals surface area contributed by atoms with E-state index in [0.717, 1.165) is 29.0 Å². The summed E-state index contributed by atoms with van der Waals surface area (Å²) < 4.78 is 38.0. The van der Waals surface area contributed by atoms with Crippen LogP contribution in [0.15, 0.2) is 30.5 Å². The van der Waals surface area contributed by atoms with Crippen LogP contribution in [-0.2, 0) is 22.2 Å². The third-order valence-electron chi connectivity index (χ3n) is 5.19. The molecule has 2 amide bonds. The number of anilines is 1. The Morgan fingerprint density at radius 3 is 2.76 bits per heavy atom. The molecular formula is C19H18F3N3O2S2. The van der Waals surface area contributed by atoms with E-state index in [1.165, 1.54) is 23.5 Å². The molecule has 2 unspecified atom stereocenters. The summed E-state index contributed by atoms with van der Waals surface area (Å²) in [6.45, 7) is 1.99. The summed E-state index contributed by atoms with van der Waals surface area (Å²) in [4.78, 5) is 31.3. The molecule has 0 aliphatic carbocycles. The van der Waals surface area contributed by atoms with Crippen molar-refractivity contribution >= 4 is 40.0 Å². The van der Waals surface area contributed by atoms with Gasteiger partial charge in [-0.1, -0.05) is 12.1 Å². The average molecular weight is 442 g/mol. The van der Waals surface area contributed by atoms with Gasteiger partial charge in [0.25, 0.3) is 0 Å². The summed E-state index contributed by atoms with van der Waals surface area (Å²) in [5.74, 6) is 0.296. The average Bonchev–Trinajstić information content (AvgIpc) is 3.31. The first-order valence-corrected chi connectivity index (χ1v) is 10.8. The highest BCUT2D eigenvalue weighted by Gasteiger charge is 2.52. The zero-order valence-corrected chi connectivity index (χ0v) is 17.1. The molecule has 154 valence electrons. The Morgan fingerprint density at radius 2 is 2.07 bits per heavy atom. The third kappa shape index (κ3) is 4.00. The lowest BCUT2D eigenvalue weighted by atomic mass is 10.1. The van der Waals surface area contributed by atoms with Crippen molar-refractivity contribution in [2.45, 2.75) is 43.3 Å². The van der Waals surface area contributed by atoms with Crippen molar-refractivity contribution in [3.8, 4) is 0 Å². The molecule has 2 aromatic rings. The quantitative estimate of drug-likeness (QED) is 0.775. The van der Waals surface area contributed by atoms with Gasteiger partial charge in [-0.05, 0) is 31.0 Å². The van der Waals surface area contributed by atoms with Crippen LogP contribution in [0, 0.1) is 0 Å². The van der Waals surface area contributed by atoms with Gasteiger partial charge in [0.15, 0.2) is 5.13 Å². The highest BCUT2D eigenvalue weighted by Crippen LogP contribution is 2.47. The lowest BCUT2D eigenvalue weighted by molar-refractivity contribution is -0.137. The predicted molar refractivity (Wildman–Crippen MR) is 106 cm³/mol. The topological polar surface area (TPSA) is 62.3 Å². The number of alkyl halides is 3. The number of hydrogen-bond acceptors (Lipinski definition) is 5.